The quantitative estimate of drug-likeness (QED) is 0.0261. The topological polar surface area (TPSA) is 149 Å². The number of carbonyl (C=O) groups excluding carboxylic acids is 1. The molecule has 7 atom stereocenters. The van der Waals surface area contributed by atoms with Gasteiger partial charge in [0.25, 0.3) is 0 Å². The summed E-state index contributed by atoms with van der Waals surface area (Å²) < 4.78 is 11.3. The van der Waals surface area contributed by atoms with E-state index in [-0.39, 0.29) is 12.5 Å². The van der Waals surface area contributed by atoms with Crippen molar-refractivity contribution in [1.29, 1.82) is 0 Å². The molecule has 1 fully saturated rings. The highest BCUT2D eigenvalue weighted by atomic mass is 16.7. The Morgan fingerprint density at radius 2 is 0.705 bits per heavy atom. The van der Waals surface area contributed by atoms with Crippen LogP contribution in [0.2, 0.25) is 0 Å². The fourth-order valence-electron chi connectivity index (χ4n) is 10.6. The summed E-state index contributed by atoms with van der Waals surface area (Å²) in [7, 11) is 0. The number of amides is 1. The molecule has 1 heterocycles. The predicted octanol–water partition coefficient (Wildman–Crippen LogP) is 20.1. The highest BCUT2D eigenvalue weighted by molar-refractivity contribution is 5.76. The van der Waals surface area contributed by atoms with E-state index in [1.165, 1.54) is 141 Å². The first-order valence-electron chi connectivity index (χ1n) is 36.1. The highest BCUT2D eigenvalue weighted by Crippen LogP contribution is 2.23. The van der Waals surface area contributed by atoms with Gasteiger partial charge in [-0.05, 0) is 103 Å². The van der Waals surface area contributed by atoms with Crippen molar-refractivity contribution in [3.63, 3.8) is 0 Å². The summed E-state index contributed by atoms with van der Waals surface area (Å²) in [5.74, 6) is -0.199. The molecule has 0 aromatic rings. The third-order valence-corrected chi connectivity index (χ3v) is 16.2. The van der Waals surface area contributed by atoms with Gasteiger partial charge in [-0.25, -0.2) is 0 Å². The lowest BCUT2D eigenvalue weighted by molar-refractivity contribution is -0.302. The first-order valence-corrected chi connectivity index (χ1v) is 36.1. The maximum Gasteiger partial charge on any atom is 0.220 e. The van der Waals surface area contributed by atoms with Crippen LogP contribution in [0.4, 0.5) is 0 Å². The Hall–Kier alpha value is -3.93. The molecule has 0 bridgehead atoms. The average Bonchev–Trinajstić information content (AvgIpc) is 3.65. The molecule has 7 unspecified atom stereocenters. The first kappa shape index (κ1) is 82.1. The van der Waals surface area contributed by atoms with E-state index >= 15 is 0 Å². The number of carbonyl (C=O) groups is 1. The summed E-state index contributed by atoms with van der Waals surface area (Å²) >= 11 is 0. The van der Waals surface area contributed by atoms with E-state index in [1.807, 2.05) is 6.08 Å². The van der Waals surface area contributed by atoms with E-state index < -0.39 is 49.5 Å². The second kappa shape index (κ2) is 66.0. The number of allylic oxidation sites excluding steroid dienone is 23. The second-order valence-electron chi connectivity index (χ2n) is 24.3. The van der Waals surface area contributed by atoms with Gasteiger partial charge in [-0.3, -0.25) is 4.79 Å². The summed E-state index contributed by atoms with van der Waals surface area (Å²) in [4.78, 5) is 13.1. The standard InChI is InChI=1S/C79H133NO8/c1-3-5-7-9-11-13-15-17-19-21-23-25-27-29-31-32-33-34-35-36-37-38-39-40-41-42-43-45-47-49-51-53-55-57-59-61-63-65-67-69-75(83)80-72(71-87-79-78(86)77(85)76(84)74(70-81)88-79)73(82)68-66-64-62-60-58-56-54-52-50-48-46-44-30-28-26-24-22-20-18-16-14-12-10-8-6-4-2/h5,7,11,13,17,19,23,25,29,31,33-34,36-37,39-40,42-43,47,49,53,55,66,68,72-74,76-79,81-82,84-86H,3-4,6,8-10,12,14-16,18,20-22,24,26-28,30,32,35,38,41,44-46,48,50-52,54,56-65,67,69-71H2,1-2H3,(H,80,83)/b7-5-,13-11-,19-17-,25-23-,31-29-,34-33-,37-36-,40-39-,43-42-,49-47-,55-53-,68-66+. The van der Waals surface area contributed by atoms with Gasteiger partial charge in [0.15, 0.2) is 6.29 Å². The number of aliphatic hydroxyl groups excluding tert-OH is 5. The molecule has 0 saturated carbocycles. The molecular formula is C79H133NO8. The van der Waals surface area contributed by atoms with Gasteiger partial charge in [0.1, 0.15) is 24.4 Å². The summed E-state index contributed by atoms with van der Waals surface area (Å²) in [5.41, 5.74) is 0. The fraction of sp³-hybridized carbons (Fsp3) is 0.684. The number of ether oxygens (including phenoxy) is 2. The molecule has 0 radical (unpaired) electrons. The number of hydrogen-bond donors (Lipinski definition) is 6. The lowest BCUT2D eigenvalue weighted by Gasteiger charge is -2.40. The van der Waals surface area contributed by atoms with Crippen molar-refractivity contribution >= 4 is 5.91 Å². The number of hydrogen-bond acceptors (Lipinski definition) is 8. The molecule has 502 valence electrons. The minimum absolute atomic E-state index is 0.199. The molecule has 0 aromatic heterocycles. The third-order valence-electron chi connectivity index (χ3n) is 16.2. The number of aliphatic hydroxyl groups is 5. The van der Waals surface area contributed by atoms with Crippen molar-refractivity contribution in [3.05, 3.63) is 146 Å². The van der Waals surface area contributed by atoms with E-state index in [2.05, 4.69) is 153 Å². The Labute approximate surface area is 540 Å². The lowest BCUT2D eigenvalue weighted by atomic mass is 9.99. The Balaban J connectivity index is 2.18. The van der Waals surface area contributed by atoms with Gasteiger partial charge in [-0.15, -0.1) is 0 Å². The van der Waals surface area contributed by atoms with E-state index in [9.17, 15) is 30.3 Å². The summed E-state index contributed by atoms with van der Waals surface area (Å²) in [6.45, 7) is 3.67. The Morgan fingerprint density at radius 1 is 0.398 bits per heavy atom. The molecule has 1 aliphatic rings. The SMILES string of the molecule is CC/C=C\C/C=C\C/C=C\C/C=C\C/C=C\C/C=C\C/C=C\C/C=C\C/C=C\C/C=C\C/C=C\CCCCCCCC(=O)NC(COC1OC(CO)C(O)C(O)C1O)C(O)/C=C/CCCCCCCCCCCCCCCCCCCCCCCCCC. The van der Waals surface area contributed by atoms with Crippen LogP contribution in [-0.4, -0.2) is 87.5 Å². The van der Waals surface area contributed by atoms with Gasteiger partial charge in [-0.1, -0.05) is 327 Å². The van der Waals surface area contributed by atoms with Crippen LogP contribution in [-0.2, 0) is 14.3 Å². The zero-order valence-electron chi connectivity index (χ0n) is 56.2. The van der Waals surface area contributed by atoms with Gasteiger partial charge >= 0.3 is 0 Å². The number of rotatable bonds is 61. The number of nitrogens with one attached hydrogen (secondary N) is 1. The van der Waals surface area contributed by atoms with E-state index in [1.54, 1.807) is 6.08 Å². The minimum Gasteiger partial charge on any atom is -0.394 e. The molecule has 0 aliphatic carbocycles. The summed E-state index contributed by atoms with van der Waals surface area (Å²) in [6.07, 6.45) is 95.1. The van der Waals surface area contributed by atoms with Gasteiger partial charge in [-0.2, -0.15) is 0 Å². The molecular weight excluding hydrogens is 1090 g/mol. The van der Waals surface area contributed by atoms with Crippen molar-refractivity contribution in [2.45, 2.75) is 333 Å². The second-order valence-corrected chi connectivity index (χ2v) is 24.3. The van der Waals surface area contributed by atoms with Crippen molar-refractivity contribution in [1.82, 2.24) is 5.32 Å². The van der Waals surface area contributed by atoms with Crippen LogP contribution in [0.3, 0.4) is 0 Å². The zero-order chi connectivity index (χ0) is 63.5. The monoisotopic (exact) mass is 1220 g/mol. The molecule has 9 heteroatoms. The molecule has 1 amide bonds. The Bertz CT molecular complexity index is 1900. The Morgan fingerprint density at radius 3 is 1.05 bits per heavy atom. The number of unbranched alkanes of at least 4 members (excludes halogenated alkanes) is 29. The van der Waals surface area contributed by atoms with E-state index in [0.717, 1.165) is 128 Å². The third kappa shape index (κ3) is 53.9. The van der Waals surface area contributed by atoms with Crippen LogP contribution in [0.25, 0.3) is 0 Å². The van der Waals surface area contributed by atoms with E-state index in [0.29, 0.717) is 6.42 Å². The predicted molar refractivity (Wildman–Crippen MR) is 377 cm³/mol. The van der Waals surface area contributed by atoms with Gasteiger partial charge < -0.3 is 40.3 Å². The van der Waals surface area contributed by atoms with Crippen molar-refractivity contribution in [2.24, 2.45) is 0 Å². The van der Waals surface area contributed by atoms with Crippen LogP contribution >= 0.6 is 0 Å². The smallest absolute Gasteiger partial charge is 0.220 e. The molecule has 88 heavy (non-hydrogen) atoms. The van der Waals surface area contributed by atoms with Crippen LogP contribution in [0.1, 0.15) is 290 Å². The van der Waals surface area contributed by atoms with Crippen molar-refractivity contribution < 1.29 is 39.8 Å². The van der Waals surface area contributed by atoms with Gasteiger partial charge in [0, 0.05) is 6.42 Å². The maximum atomic E-state index is 13.1. The minimum atomic E-state index is -1.58. The molecule has 1 saturated heterocycles. The summed E-state index contributed by atoms with van der Waals surface area (Å²) in [6, 6.07) is -0.828. The average molecular weight is 1220 g/mol. The molecule has 1 rings (SSSR count). The molecule has 6 N–H and O–H groups in total. The van der Waals surface area contributed by atoms with Crippen LogP contribution < -0.4 is 5.32 Å². The summed E-state index contributed by atoms with van der Waals surface area (Å²) in [5, 5.41) is 54.8. The molecule has 1 aliphatic heterocycles. The molecule has 9 nitrogen and oxygen atoms in total. The van der Waals surface area contributed by atoms with Crippen molar-refractivity contribution in [3.8, 4) is 0 Å². The molecule has 0 aromatic carbocycles. The van der Waals surface area contributed by atoms with Crippen molar-refractivity contribution in [2.75, 3.05) is 13.2 Å². The van der Waals surface area contributed by atoms with E-state index in [4.69, 9.17) is 9.47 Å². The first-order chi connectivity index (χ1) is 43.3. The normalized spacial score (nSPS) is 18.8. The van der Waals surface area contributed by atoms with Crippen LogP contribution in [0.15, 0.2) is 146 Å². The molecule has 0 spiro atoms. The zero-order valence-corrected chi connectivity index (χ0v) is 56.2. The maximum absolute atomic E-state index is 13.1. The highest BCUT2D eigenvalue weighted by Gasteiger charge is 2.44. The largest absolute Gasteiger partial charge is 0.394 e. The van der Waals surface area contributed by atoms with Gasteiger partial charge in [0.05, 0.1) is 25.4 Å². The van der Waals surface area contributed by atoms with Crippen LogP contribution in [0, 0.1) is 0 Å². The fourth-order valence-corrected chi connectivity index (χ4v) is 10.6. The Kier molecular flexibility index (Phi) is 61.6. The van der Waals surface area contributed by atoms with Gasteiger partial charge in [0.2, 0.25) is 5.91 Å². The van der Waals surface area contributed by atoms with Crippen LogP contribution in [0.5, 0.6) is 0 Å². The lowest BCUT2D eigenvalue weighted by Crippen LogP contribution is -2.60.